The molecule has 0 radical (unpaired) electrons. The van der Waals surface area contributed by atoms with E-state index in [2.05, 4.69) is 246 Å². The molecule has 0 bridgehead atoms. The molecule has 0 N–H and O–H groups in total. The lowest BCUT2D eigenvalue weighted by Gasteiger charge is -2.35. The summed E-state index contributed by atoms with van der Waals surface area (Å²) in [4.78, 5) is 31.5. The number of nitrogens with zero attached hydrogens (tertiary/aromatic N) is 6. The van der Waals surface area contributed by atoms with Crippen LogP contribution in [0.2, 0.25) is 0 Å². The highest BCUT2D eigenvalue weighted by Crippen LogP contribution is 2.58. The van der Waals surface area contributed by atoms with Crippen LogP contribution < -0.4 is 0 Å². The van der Waals surface area contributed by atoms with E-state index in [-0.39, 0.29) is 0 Å². The van der Waals surface area contributed by atoms with Crippen molar-refractivity contribution in [2.75, 3.05) is 0 Å². The lowest BCUT2D eigenvalue weighted by atomic mass is 9.66. The lowest BCUT2D eigenvalue weighted by Crippen LogP contribution is -2.29. The second-order valence-corrected chi connectivity index (χ2v) is 21.6. The molecule has 0 saturated carbocycles. The van der Waals surface area contributed by atoms with Gasteiger partial charge in [0.1, 0.15) is 0 Å². The van der Waals surface area contributed by atoms with Crippen molar-refractivity contribution in [3.8, 4) is 78.4 Å². The molecule has 0 saturated heterocycles. The molecular weight excluding hydrogens is 985 g/mol. The second kappa shape index (κ2) is 19.0. The third-order valence-corrected chi connectivity index (χ3v) is 16.6. The van der Waals surface area contributed by atoms with Crippen molar-refractivity contribution in [3.63, 3.8) is 0 Å². The first-order valence-corrected chi connectivity index (χ1v) is 27.7. The fraction of sp³-hybridized carbons (Fsp3) is 0.0667. The zero-order valence-corrected chi connectivity index (χ0v) is 45.3. The predicted octanol–water partition coefficient (Wildman–Crippen LogP) is 18.3. The quantitative estimate of drug-likeness (QED) is 0.141. The van der Waals surface area contributed by atoms with Crippen molar-refractivity contribution < 1.29 is 0 Å². The summed E-state index contributed by atoms with van der Waals surface area (Å²) in [6.07, 6.45) is 3.75. The molecule has 0 fully saturated rings. The van der Waals surface area contributed by atoms with Gasteiger partial charge in [-0.05, 0) is 167 Å². The molecule has 0 aliphatic heterocycles. The van der Waals surface area contributed by atoms with Crippen LogP contribution in [0.25, 0.3) is 122 Å². The van der Waals surface area contributed by atoms with E-state index < -0.39 is 5.41 Å². The second-order valence-electron chi connectivity index (χ2n) is 21.6. The number of benzene rings is 8. The maximum absolute atomic E-state index is 5.65. The summed E-state index contributed by atoms with van der Waals surface area (Å²) in [5.41, 5.74) is 25.8. The summed E-state index contributed by atoms with van der Waals surface area (Å²) in [5, 5.41) is 4.33. The highest BCUT2D eigenvalue weighted by atomic mass is 14.8. The largest absolute Gasteiger partial charge is 0.256 e. The van der Waals surface area contributed by atoms with Crippen LogP contribution in [0.3, 0.4) is 0 Å². The molecule has 8 aromatic carbocycles. The molecule has 6 heteroatoms. The van der Waals surface area contributed by atoms with Gasteiger partial charge in [0.05, 0.1) is 50.3 Å². The Morgan fingerprint density at radius 2 is 0.667 bits per heavy atom. The van der Waals surface area contributed by atoms with E-state index >= 15 is 0 Å². The van der Waals surface area contributed by atoms with Crippen LogP contribution in [-0.4, -0.2) is 29.9 Å². The molecule has 0 unspecified atom stereocenters. The first kappa shape index (κ1) is 47.9. The summed E-state index contributed by atoms with van der Waals surface area (Å²) in [6, 6.07) is 83.3. The lowest BCUT2D eigenvalue weighted by molar-refractivity contribution is 0.769. The highest BCUT2D eigenvalue weighted by Gasteiger charge is 2.47. The van der Waals surface area contributed by atoms with E-state index in [9.17, 15) is 0 Å². The number of hydrogen-bond acceptors (Lipinski definition) is 6. The van der Waals surface area contributed by atoms with Gasteiger partial charge in [-0.2, -0.15) is 0 Å². The molecule has 0 amide bonds. The van der Waals surface area contributed by atoms with Crippen molar-refractivity contribution in [2.45, 2.75) is 33.1 Å². The number of hydrogen-bond donors (Lipinski definition) is 0. The minimum atomic E-state index is -0.893. The molecule has 0 spiro atoms. The van der Waals surface area contributed by atoms with Gasteiger partial charge in [0, 0.05) is 67.6 Å². The van der Waals surface area contributed by atoms with Crippen LogP contribution in [0.5, 0.6) is 0 Å². The SMILES string of the molecule is Cc1cc(C)c2ccc3c(-c4ccccc4)cc(-c4cccc(C5(c6cccc(-c7cc(-c8ccccc8)c8ccc9c(C)cc(C)nc9c8n7)c6)c6cc(-c7ccccn7)ccc6-c6ccc(-c7ccccn7)cc65)c4)nc3c2n1. The minimum Gasteiger partial charge on any atom is -0.256 e. The van der Waals surface area contributed by atoms with Gasteiger partial charge in [0.15, 0.2) is 0 Å². The maximum atomic E-state index is 5.65. The predicted molar refractivity (Wildman–Crippen MR) is 332 cm³/mol. The Labute approximate surface area is 470 Å². The molecule has 6 aromatic heterocycles. The summed E-state index contributed by atoms with van der Waals surface area (Å²) in [5.74, 6) is 0. The summed E-state index contributed by atoms with van der Waals surface area (Å²) < 4.78 is 0. The summed E-state index contributed by atoms with van der Waals surface area (Å²) in [6.45, 7) is 8.47. The van der Waals surface area contributed by atoms with Gasteiger partial charge in [0.2, 0.25) is 0 Å². The minimum absolute atomic E-state index is 0.864. The molecule has 382 valence electrons. The maximum Gasteiger partial charge on any atom is 0.0978 e. The molecule has 6 nitrogen and oxygen atoms in total. The smallest absolute Gasteiger partial charge is 0.0978 e. The number of pyridine rings is 6. The first-order valence-electron chi connectivity index (χ1n) is 27.7. The Bertz CT molecular complexity index is 4540. The third kappa shape index (κ3) is 7.85. The molecular formula is C75H52N6. The van der Waals surface area contributed by atoms with Crippen molar-refractivity contribution >= 4 is 43.6 Å². The van der Waals surface area contributed by atoms with Crippen LogP contribution in [0, 0.1) is 27.7 Å². The molecule has 15 rings (SSSR count). The van der Waals surface area contributed by atoms with Crippen LogP contribution in [0.1, 0.15) is 44.8 Å². The van der Waals surface area contributed by atoms with Crippen molar-refractivity contribution in [1.29, 1.82) is 0 Å². The summed E-state index contributed by atoms with van der Waals surface area (Å²) in [7, 11) is 0. The third-order valence-electron chi connectivity index (χ3n) is 16.6. The fourth-order valence-corrected chi connectivity index (χ4v) is 12.9. The Hall–Kier alpha value is -10.3. The number of fused-ring (bicyclic) bond motifs is 9. The van der Waals surface area contributed by atoms with E-state index in [1.54, 1.807) is 0 Å². The van der Waals surface area contributed by atoms with Gasteiger partial charge >= 0.3 is 0 Å². The van der Waals surface area contributed by atoms with E-state index in [0.29, 0.717) is 0 Å². The van der Waals surface area contributed by atoms with Gasteiger partial charge < -0.3 is 0 Å². The number of aromatic nitrogens is 6. The molecule has 0 atom stereocenters. The van der Waals surface area contributed by atoms with Gasteiger partial charge in [-0.1, -0.05) is 158 Å². The Morgan fingerprint density at radius 1 is 0.272 bits per heavy atom. The van der Waals surface area contributed by atoms with E-state index in [1.807, 2.05) is 24.5 Å². The van der Waals surface area contributed by atoms with Crippen LogP contribution in [0.15, 0.2) is 243 Å². The van der Waals surface area contributed by atoms with Crippen molar-refractivity contribution in [3.05, 3.63) is 288 Å². The van der Waals surface area contributed by atoms with E-state index in [1.165, 1.54) is 11.1 Å². The van der Waals surface area contributed by atoms with Crippen LogP contribution in [0.4, 0.5) is 0 Å². The van der Waals surface area contributed by atoms with Crippen LogP contribution in [-0.2, 0) is 5.41 Å². The summed E-state index contributed by atoms with van der Waals surface area (Å²) >= 11 is 0. The Morgan fingerprint density at radius 3 is 1.10 bits per heavy atom. The number of rotatable bonds is 8. The van der Waals surface area contributed by atoms with Gasteiger partial charge in [-0.25, -0.2) is 9.97 Å². The topological polar surface area (TPSA) is 77.3 Å². The Balaban J connectivity index is 1.04. The standard InChI is InChI=1S/C75H52N6/c1-45-37-47(3)78-71-57(45)31-33-61-63(49-17-7-5-8-18-49)43-69(80-73(61)71)51-21-15-23-55(39-51)75(65-41-53(67-25-11-13-35-76-67)27-29-59(65)60-30-28-54(42-66(60)75)68-26-12-14-36-77-68)56-24-16-22-52(40-56)70-44-64(50-19-9-6-10-20-50)62-34-32-58-46(2)38-48(4)79-72(58)74(62)81-70/h5-44H,1-4H3. The van der Waals surface area contributed by atoms with Crippen molar-refractivity contribution in [2.24, 2.45) is 0 Å². The monoisotopic (exact) mass is 1040 g/mol. The highest BCUT2D eigenvalue weighted by molar-refractivity contribution is 6.11. The molecule has 14 aromatic rings. The first-order chi connectivity index (χ1) is 39.8. The van der Waals surface area contributed by atoms with E-state index in [0.717, 1.165) is 156 Å². The normalized spacial score (nSPS) is 12.5. The van der Waals surface area contributed by atoms with Gasteiger partial charge in [0.25, 0.3) is 0 Å². The number of aryl methyl sites for hydroxylation is 4. The molecule has 1 aliphatic rings. The van der Waals surface area contributed by atoms with E-state index in [4.69, 9.17) is 29.9 Å². The zero-order chi connectivity index (χ0) is 54.3. The van der Waals surface area contributed by atoms with Gasteiger partial charge in [-0.15, -0.1) is 0 Å². The molecule has 6 heterocycles. The van der Waals surface area contributed by atoms with Gasteiger partial charge in [-0.3, -0.25) is 19.9 Å². The van der Waals surface area contributed by atoms with Crippen molar-refractivity contribution in [1.82, 2.24) is 29.9 Å². The zero-order valence-electron chi connectivity index (χ0n) is 45.3. The Kier molecular flexibility index (Phi) is 11.2. The fourth-order valence-electron chi connectivity index (χ4n) is 12.9. The average Bonchev–Trinajstić information content (AvgIpc) is 2.18. The van der Waals surface area contributed by atoms with Crippen LogP contribution >= 0.6 is 0 Å². The molecule has 1 aliphatic carbocycles. The molecule has 81 heavy (non-hydrogen) atoms. The average molecular weight is 1040 g/mol.